The van der Waals surface area contributed by atoms with Gasteiger partial charge in [-0.05, 0) is 62.7 Å². The van der Waals surface area contributed by atoms with Gasteiger partial charge in [0.25, 0.3) is 0 Å². The standard InChI is InChI=1S/C18H27NO3/c20-18(21)9-8-16-6-1-2-7-17(16)22-14-4-3-5-15-10-12-19-13-11-15/h1-2,6-7,15,19H,3-5,8-14H2,(H,20,21). The first-order chi connectivity index (χ1) is 10.8. The molecule has 0 aliphatic carbocycles. The third-order valence-electron chi connectivity index (χ3n) is 4.30. The van der Waals surface area contributed by atoms with Crippen molar-refractivity contribution in [2.24, 2.45) is 5.92 Å². The van der Waals surface area contributed by atoms with Crippen molar-refractivity contribution in [3.63, 3.8) is 0 Å². The lowest BCUT2D eigenvalue weighted by molar-refractivity contribution is -0.136. The van der Waals surface area contributed by atoms with Crippen molar-refractivity contribution in [1.82, 2.24) is 5.32 Å². The molecule has 0 radical (unpaired) electrons. The zero-order valence-electron chi connectivity index (χ0n) is 13.2. The maximum Gasteiger partial charge on any atom is 0.303 e. The van der Waals surface area contributed by atoms with Crippen molar-refractivity contribution < 1.29 is 14.6 Å². The van der Waals surface area contributed by atoms with Gasteiger partial charge < -0.3 is 15.2 Å². The zero-order valence-corrected chi connectivity index (χ0v) is 13.2. The van der Waals surface area contributed by atoms with E-state index in [1.54, 1.807) is 0 Å². The average Bonchev–Trinajstić information content (AvgIpc) is 2.54. The summed E-state index contributed by atoms with van der Waals surface area (Å²) in [5.41, 5.74) is 0.989. The van der Waals surface area contributed by atoms with Crippen molar-refractivity contribution in [2.45, 2.75) is 44.9 Å². The Morgan fingerprint density at radius 3 is 2.77 bits per heavy atom. The molecular formula is C18H27NO3. The Labute approximate surface area is 132 Å². The van der Waals surface area contributed by atoms with Gasteiger partial charge in [0.1, 0.15) is 5.75 Å². The first kappa shape index (κ1) is 16.8. The summed E-state index contributed by atoms with van der Waals surface area (Å²) in [6.07, 6.45) is 6.86. The largest absolute Gasteiger partial charge is 0.493 e. The first-order valence-corrected chi connectivity index (χ1v) is 8.39. The molecule has 1 saturated heterocycles. The molecule has 4 heteroatoms. The number of piperidine rings is 1. The molecule has 22 heavy (non-hydrogen) atoms. The van der Waals surface area contributed by atoms with Crippen LogP contribution in [0.3, 0.4) is 0 Å². The van der Waals surface area contributed by atoms with Crippen molar-refractivity contribution in [1.29, 1.82) is 0 Å². The SMILES string of the molecule is O=C(O)CCc1ccccc1OCCCCC1CCNCC1. The van der Waals surface area contributed by atoms with Gasteiger partial charge in [-0.1, -0.05) is 24.6 Å². The second-order valence-electron chi connectivity index (χ2n) is 6.04. The van der Waals surface area contributed by atoms with Gasteiger partial charge in [-0.15, -0.1) is 0 Å². The van der Waals surface area contributed by atoms with Crippen LogP contribution in [0.2, 0.25) is 0 Å². The van der Waals surface area contributed by atoms with E-state index < -0.39 is 5.97 Å². The number of ether oxygens (including phenoxy) is 1. The lowest BCUT2D eigenvalue weighted by Crippen LogP contribution is -2.27. The topological polar surface area (TPSA) is 58.6 Å². The van der Waals surface area contributed by atoms with Crippen molar-refractivity contribution in [3.05, 3.63) is 29.8 Å². The van der Waals surface area contributed by atoms with Crippen LogP contribution < -0.4 is 10.1 Å². The smallest absolute Gasteiger partial charge is 0.303 e. The summed E-state index contributed by atoms with van der Waals surface area (Å²) in [5.74, 6) is 0.950. The minimum absolute atomic E-state index is 0.149. The molecule has 1 aliphatic heterocycles. The van der Waals surface area contributed by atoms with Crippen LogP contribution in [0.1, 0.15) is 44.1 Å². The monoisotopic (exact) mass is 305 g/mol. The van der Waals surface area contributed by atoms with Gasteiger partial charge in [0.05, 0.1) is 6.61 Å². The third-order valence-corrected chi connectivity index (χ3v) is 4.30. The Morgan fingerprint density at radius 2 is 2.00 bits per heavy atom. The first-order valence-electron chi connectivity index (χ1n) is 8.39. The van der Waals surface area contributed by atoms with E-state index in [1.165, 1.54) is 25.7 Å². The fraction of sp³-hybridized carbons (Fsp3) is 0.611. The predicted molar refractivity (Wildman–Crippen MR) is 87.3 cm³/mol. The van der Waals surface area contributed by atoms with E-state index in [0.29, 0.717) is 6.42 Å². The van der Waals surface area contributed by atoms with Crippen LogP contribution >= 0.6 is 0 Å². The molecule has 1 heterocycles. The molecule has 0 amide bonds. The number of unbranched alkanes of at least 4 members (excludes halogenated alkanes) is 1. The number of hydrogen-bond donors (Lipinski definition) is 2. The van der Waals surface area contributed by atoms with Crippen LogP contribution in [0.15, 0.2) is 24.3 Å². The lowest BCUT2D eigenvalue weighted by atomic mass is 9.93. The Bertz CT molecular complexity index is 455. The van der Waals surface area contributed by atoms with E-state index in [2.05, 4.69) is 5.32 Å². The van der Waals surface area contributed by atoms with Gasteiger partial charge in [-0.3, -0.25) is 4.79 Å². The molecule has 0 unspecified atom stereocenters. The number of nitrogens with one attached hydrogen (secondary N) is 1. The molecule has 2 rings (SSSR count). The molecule has 1 fully saturated rings. The molecule has 0 aromatic heterocycles. The molecule has 2 N–H and O–H groups in total. The highest BCUT2D eigenvalue weighted by atomic mass is 16.5. The number of para-hydroxylation sites is 1. The van der Waals surface area contributed by atoms with E-state index in [1.807, 2.05) is 24.3 Å². The Kier molecular flexibility index (Phi) is 7.23. The zero-order chi connectivity index (χ0) is 15.6. The van der Waals surface area contributed by atoms with Crippen molar-refractivity contribution in [3.8, 4) is 5.75 Å². The normalized spacial score (nSPS) is 15.6. The van der Waals surface area contributed by atoms with E-state index in [9.17, 15) is 4.79 Å². The Morgan fingerprint density at radius 1 is 1.23 bits per heavy atom. The number of carboxylic acid groups (broad SMARTS) is 1. The number of hydrogen-bond acceptors (Lipinski definition) is 3. The summed E-state index contributed by atoms with van der Waals surface area (Å²) >= 11 is 0. The summed E-state index contributed by atoms with van der Waals surface area (Å²) in [4.78, 5) is 10.7. The van der Waals surface area contributed by atoms with Crippen LogP contribution in [-0.2, 0) is 11.2 Å². The Balaban J connectivity index is 1.66. The van der Waals surface area contributed by atoms with Gasteiger partial charge in [0, 0.05) is 6.42 Å². The summed E-state index contributed by atoms with van der Waals surface area (Å²) < 4.78 is 5.85. The number of carbonyl (C=O) groups is 1. The molecule has 1 aliphatic rings. The second-order valence-corrected chi connectivity index (χ2v) is 6.04. The molecule has 0 saturated carbocycles. The molecule has 4 nitrogen and oxygen atoms in total. The van der Waals surface area contributed by atoms with E-state index in [0.717, 1.165) is 43.3 Å². The molecule has 0 bridgehead atoms. The molecule has 1 aromatic carbocycles. The van der Waals surface area contributed by atoms with Crippen LogP contribution in [0, 0.1) is 5.92 Å². The van der Waals surface area contributed by atoms with Gasteiger partial charge in [-0.2, -0.15) is 0 Å². The van der Waals surface area contributed by atoms with E-state index >= 15 is 0 Å². The predicted octanol–water partition coefficient (Wildman–Crippen LogP) is 3.25. The molecule has 0 atom stereocenters. The third kappa shape index (κ3) is 6.06. The molecular weight excluding hydrogens is 278 g/mol. The highest BCUT2D eigenvalue weighted by Crippen LogP contribution is 2.21. The average molecular weight is 305 g/mol. The molecule has 0 spiro atoms. The summed E-state index contributed by atoms with van der Waals surface area (Å²) in [7, 11) is 0. The van der Waals surface area contributed by atoms with E-state index in [4.69, 9.17) is 9.84 Å². The fourth-order valence-corrected chi connectivity index (χ4v) is 2.98. The number of rotatable bonds is 9. The second kappa shape index (κ2) is 9.46. The molecule has 122 valence electrons. The fourth-order valence-electron chi connectivity index (χ4n) is 2.98. The molecule has 1 aromatic rings. The summed E-state index contributed by atoms with van der Waals surface area (Å²) in [6, 6.07) is 7.76. The van der Waals surface area contributed by atoms with Gasteiger partial charge >= 0.3 is 5.97 Å². The summed E-state index contributed by atoms with van der Waals surface area (Å²) in [5, 5.41) is 12.2. The Hall–Kier alpha value is -1.55. The maximum atomic E-state index is 10.7. The van der Waals surface area contributed by atoms with Crippen molar-refractivity contribution in [2.75, 3.05) is 19.7 Å². The van der Waals surface area contributed by atoms with Crippen LogP contribution in [0.5, 0.6) is 5.75 Å². The summed E-state index contributed by atoms with van der Waals surface area (Å²) in [6.45, 7) is 3.05. The van der Waals surface area contributed by atoms with Crippen LogP contribution in [0.4, 0.5) is 0 Å². The number of aliphatic carboxylic acids is 1. The number of carboxylic acids is 1. The van der Waals surface area contributed by atoms with Crippen LogP contribution in [0.25, 0.3) is 0 Å². The minimum Gasteiger partial charge on any atom is -0.493 e. The highest BCUT2D eigenvalue weighted by Gasteiger charge is 2.12. The lowest BCUT2D eigenvalue weighted by Gasteiger charge is -2.22. The van der Waals surface area contributed by atoms with Gasteiger partial charge in [-0.25, -0.2) is 0 Å². The van der Waals surface area contributed by atoms with E-state index in [-0.39, 0.29) is 6.42 Å². The number of aryl methyl sites for hydroxylation is 1. The van der Waals surface area contributed by atoms with Gasteiger partial charge in [0.2, 0.25) is 0 Å². The van der Waals surface area contributed by atoms with Crippen LogP contribution in [-0.4, -0.2) is 30.8 Å². The quantitative estimate of drug-likeness (QED) is 0.688. The number of benzene rings is 1. The van der Waals surface area contributed by atoms with Crippen molar-refractivity contribution >= 4 is 5.97 Å². The maximum absolute atomic E-state index is 10.7. The van der Waals surface area contributed by atoms with Gasteiger partial charge in [0.15, 0.2) is 0 Å². The highest BCUT2D eigenvalue weighted by molar-refractivity contribution is 5.67. The minimum atomic E-state index is -0.767.